The Morgan fingerprint density at radius 3 is 2.60 bits per heavy atom. The van der Waals surface area contributed by atoms with E-state index in [2.05, 4.69) is 26.0 Å². The van der Waals surface area contributed by atoms with E-state index in [0.29, 0.717) is 22.4 Å². The summed E-state index contributed by atoms with van der Waals surface area (Å²) in [6, 6.07) is 21.2. The van der Waals surface area contributed by atoms with Crippen LogP contribution < -0.4 is 10.8 Å². The molecule has 1 aliphatic rings. The number of carbonyl (C=O) groups excluding carboxylic acids is 1. The maximum absolute atomic E-state index is 13.4. The Hall–Kier alpha value is -3.63. The number of aromatic nitrogens is 1. The highest BCUT2D eigenvalue weighted by molar-refractivity contribution is 9.10. The van der Waals surface area contributed by atoms with Crippen LogP contribution in [0.3, 0.4) is 0 Å². The first kappa shape index (κ1) is 23.1. The van der Waals surface area contributed by atoms with Crippen LogP contribution in [0.4, 0.5) is 5.69 Å². The van der Waals surface area contributed by atoms with Gasteiger partial charge in [-0.3, -0.25) is 9.59 Å². The molecule has 8 nitrogen and oxygen atoms in total. The number of pyridine rings is 1. The van der Waals surface area contributed by atoms with Crippen LogP contribution in [0.2, 0.25) is 0 Å². The predicted octanol–water partition coefficient (Wildman–Crippen LogP) is 4.06. The molecular formula is C26H21BrN4O4. The maximum Gasteiger partial charge on any atom is 0.258 e. The van der Waals surface area contributed by atoms with Gasteiger partial charge in [-0.05, 0) is 29.3 Å². The Labute approximate surface area is 208 Å². The zero-order valence-electron chi connectivity index (χ0n) is 18.7. The van der Waals surface area contributed by atoms with Gasteiger partial charge < -0.3 is 10.2 Å². The number of carbonyl (C=O) groups is 1. The molecule has 0 saturated carbocycles. The number of aromatic amines is 1. The first-order valence-corrected chi connectivity index (χ1v) is 11.7. The van der Waals surface area contributed by atoms with Crippen LogP contribution in [0.5, 0.6) is 0 Å². The number of hydrazone groups is 1. The number of hydrogen-bond acceptors (Lipinski definition) is 5. The summed E-state index contributed by atoms with van der Waals surface area (Å²) in [5, 5.41) is 26.6. The van der Waals surface area contributed by atoms with Gasteiger partial charge in [-0.2, -0.15) is 10.3 Å². The predicted molar refractivity (Wildman–Crippen MR) is 136 cm³/mol. The van der Waals surface area contributed by atoms with E-state index in [-0.39, 0.29) is 23.6 Å². The van der Waals surface area contributed by atoms with Crippen LogP contribution in [0.25, 0.3) is 22.0 Å². The van der Waals surface area contributed by atoms with Crippen molar-refractivity contribution >= 4 is 44.1 Å². The van der Waals surface area contributed by atoms with E-state index in [1.165, 1.54) is 18.0 Å². The smallest absolute Gasteiger partial charge is 0.258 e. The third-order valence-electron chi connectivity index (χ3n) is 6.08. The van der Waals surface area contributed by atoms with E-state index < -0.39 is 11.3 Å². The van der Waals surface area contributed by atoms with Gasteiger partial charge in [0.15, 0.2) is 5.69 Å². The topological polar surface area (TPSA) is 113 Å². The molecule has 2 heterocycles. The van der Waals surface area contributed by atoms with Crippen molar-refractivity contribution in [1.29, 1.82) is 0 Å². The molecule has 0 fully saturated rings. The van der Waals surface area contributed by atoms with Crippen molar-refractivity contribution < 1.29 is 15.2 Å². The number of halogens is 1. The Morgan fingerprint density at radius 1 is 1.11 bits per heavy atom. The molecule has 5 rings (SSSR count). The summed E-state index contributed by atoms with van der Waals surface area (Å²) in [6.45, 7) is 1.40. The Balaban J connectivity index is 1.71. The summed E-state index contributed by atoms with van der Waals surface area (Å²) in [4.78, 5) is 28.9. The molecule has 3 N–H and O–H groups in total. The van der Waals surface area contributed by atoms with Gasteiger partial charge in [0.05, 0.1) is 17.3 Å². The fourth-order valence-electron chi connectivity index (χ4n) is 4.54. The number of fused-ring (bicyclic) bond motifs is 1. The highest BCUT2D eigenvalue weighted by atomic mass is 79.9. The second kappa shape index (κ2) is 9.20. The van der Waals surface area contributed by atoms with E-state index in [1.807, 2.05) is 48.5 Å². The first-order chi connectivity index (χ1) is 16.8. The highest BCUT2D eigenvalue weighted by Gasteiger charge is 2.34. The fraction of sp³-hybridized carbons (Fsp3) is 0.115. The van der Waals surface area contributed by atoms with Crippen LogP contribution in [-0.4, -0.2) is 26.8 Å². The van der Waals surface area contributed by atoms with Crippen molar-refractivity contribution in [2.45, 2.75) is 19.4 Å². The minimum Gasteiger partial charge on any atom is -0.595 e. The van der Waals surface area contributed by atoms with Crippen LogP contribution >= 0.6 is 15.9 Å². The number of nitrogens with one attached hydrogen (secondary N) is 2. The monoisotopic (exact) mass is 532 g/mol. The molecule has 4 aromatic rings. The third-order valence-corrected chi connectivity index (χ3v) is 6.57. The van der Waals surface area contributed by atoms with E-state index >= 15 is 0 Å². The van der Waals surface area contributed by atoms with Gasteiger partial charge in [0, 0.05) is 46.4 Å². The van der Waals surface area contributed by atoms with Crippen molar-refractivity contribution in [3.63, 3.8) is 0 Å². The maximum atomic E-state index is 13.4. The molecular weight excluding hydrogens is 512 g/mol. The van der Waals surface area contributed by atoms with Gasteiger partial charge in [0.2, 0.25) is 5.91 Å². The number of quaternary nitrogens is 1. The molecule has 1 aromatic heterocycles. The average molecular weight is 533 g/mol. The largest absolute Gasteiger partial charge is 0.595 e. The average Bonchev–Trinajstić information content (AvgIpc) is 3.29. The lowest BCUT2D eigenvalue weighted by Gasteiger charge is -2.21. The lowest BCUT2D eigenvalue weighted by Crippen LogP contribution is -2.99. The second-order valence-electron chi connectivity index (χ2n) is 8.32. The summed E-state index contributed by atoms with van der Waals surface area (Å²) in [5.41, 5.74) is 3.59. The number of rotatable bonds is 4. The van der Waals surface area contributed by atoms with Crippen molar-refractivity contribution in [2.24, 2.45) is 5.10 Å². The third kappa shape index (κ3) is 4.30. The van der Waals surface area contributed by atoms with Gasteiger partial charge >= 0.3 is 0 Å². The lowest BCUT2D eigenvalue weighted by molar-refractivity contribution is -0.991. The molecule has 0 saturated heterocycles. The molecule has 1 amide bonds. The van der Waals surface area contributed by atoms with Crippen LogP contribution in [-0.2, 0) is 4.79 Å². The second-order valence-corrected chi connectivity index (χ2v) is 9.24. The molecule has 0 bridgehead atoms. The number of hydrogen-bond donors (Lipinski definition) is 3. The summed E-state index contributed by atoms with van der Waals surface area (Å²) >= 11 is 3.53. The zero-order chi connectivity index (χ0) is 24.7. The van der Waals surface area contributed by atoms with Gasteiger partial charge in [-0.15, -0.1) is 0 Å². The molecule has 3 aromatic carbocycles. The van der Waals surface area contributed by atoms with Crippen LogP contribution in [0.1, 0.15) is 30.5 Å². The van der Waals surface area contributed by atoms with Crippen molar-refractivity contribution in [3.8, 4) is 11.1 Å². The molecule has 9 heteroatoms. The van der Waals surface area contributed by atoms with Gasteiger partial charge in [0.25, 0.3) is 5.56 Å². The van der Waals surface area contributed by atoms with Crippen LogP contribution in [0, 0.1) is 5.21 Å². The standard InChI is InChI=1S/C26H21BrN4O4/c1-15(32)30-23(17-8-5-9-19(12-17)31(34)35)14-22(29-30)25-24(16-6-3-2-4-7-16)20-13-18(27)10-11-21(20)28-26(25)33/h2-13,23,31,34H,14H2,1H3,(H,28,33)/t23-/m1/s1. The minimum absolute atomic E-state index is 0.123. The number of H-pyrrole nitrogens is 1. The fourth-order valence-corrected chi connectivity index (χ4v) is 4.90. The molecule has 1 aliphatic heterocycles. The Bertz CT molecular complexity index is 1530. The lowest BCUT2D eigenvalue weighted by atomic mass is 9.91. The normalized spacial score (nSPS) is 16.4. The van der Waals surface area contributed by atoms with Gasteiger partial charge in [-0.25, -0.2) is 10.2 Å². The summed E-state index contributed by atoms with van der Waals surface area (Å²) < 4.78 is 0.863. The van der Waals surface area contributed by atoms with Crippen LogP contribution in [0.15, 0.2) is 87.2 Å². The van der Waals surface area contributed by atoms with Gasteiger partial charge in [0.1, 0.15) is 0 Å². The molecule has 0 aliphatic carbocycles. The first-order valence-electron chi connectivity index (χ1n) is 11.0. The summed E-state index contributed by atoms with van der Waals surface area (Å²) in [7, 11) is 0. The van der Waals surface area contributed by atoms with Crippen molar-refractivity contribution in [2.75, 3.05) is 0 Å². The van der Waals surface area contributed by atoms with Crippen molar-refractivity contribution in [1.82, 2.24) is 9.99 Å². The molecule has 176 valence electrons. The van der Waals surface area contributed by atoms with E-state index in [9.17, 15) is 20.0 Å². The SMILES string of the molecule is CC(=O)N1N=C(c2c(-c3ccccc3)c3cc(Br)ccc3[nH]c2=O)C[C@@H]1c1cccc([NH+]([O-])O)c1. The van der Waals surface area contributed by atoms with E-state index in [4.69, 9.17) is 0 Å². The molecule has 1 unspecified atom stereocenters. The molecule has 0 spiro atoms. The van der Waals surface area contributed by atoms with E-state index in [0.717, 1.165) is 21.0 Å². The van der Waals surface area contributed by atoms with E-state index in [1.54, 1.807) is 18.2 Å². The molecule has 2 atom stereocenters. The molecule has 0 radical (unpaired) electrons. The number of nitrogens with zero attached hydrogens (tertiary/aromatic N) is 2. The number of benzene rings is 3. The minimum atomic E-state index is -1.05. The zero-order valence-corrected chi connectivity index (χ0v) is 20.2. The number of amides is 1. The quantitative estimate of drug-likeness (QED) is 0.344. The Kier molecular flexibility index (Phi) is 6.08. The highest BCUT2D eigenvalue weighted by Crippen LogP contribution is 2.37. The molecule has 35 heavy (non-hydrogen) atoms. The Morgan fingerprint density at radius 2 is 1.89 bits per heavy atom. The summed E-state index contributed by atoms with van der Waals surface area (Å²) in [5.74, 6) is -0.299. The summed E-state index contributed by atoms with van der Waals surface area (Å²) in [6.07, 6.45) is 0.269. The van der Waals surface area contributed by atoms with Crippen molar-refractivity contribution in [3.05, 3.63) is 104 Å². The van der Waals surface area contributed by atoms with Gasteiger partial charge in [-0.1, -0.05) is 58.4 Å².